The first-order valence-electron chi connectivity index (χ1n) is 8.27. The van der Waals surface area contributed by atoms with Gasteiger partial charge in [0.25, 0.3) is 0 Å². The predicted octanol–water partition coefficient (Wildman–Crippen LogP) is 1.97. The third kappa shape index (κ3) is 5.50. The number of imidazole rings is 1. The highest BCUT2D eigenvalue weighted by atomic mass is 16.1. The van der Waals surface area contributed by atoms with Gasteiger partial charge in [-0.2, -0.15) is 0 Å². The first kappa shape index (κ1) is 16.0. The molecular weight excluding hydrogens is 264 g/mol. The first-order chi connectivity index (χ1) is 10.3. The zero-order chi connectivity index (χ0) is 14.9. The molecule has 1 fully saturated rings. The number of amides is 1. The van der Waals surface area contributed by atoms with Gasteiger partial charge < -0.3 is 15.2 Å². The number of piperidine rings is 1. The summed E-state index contributed by atoms with van der Waals surface area (Å²) in [5, 5.41) is 3.02. The molecule has 0 spiro atoms. The van der Waals surface area contributed by atoms with Gasteiger partial charge in [-0.25, -0.2) is 4.98 Å². The summed E-state index contributed by atoms with van der Waals surface area (Å²) >= 11 is 0. The quantitative estimate of drug-likeness (QED) is 0.720. The van der Waals surface area contributed by atoms with Gasteiger partial charge in [-0.3, -0.25) is 4.79 Å². The summed E-state index contributed by atoms with van der Waals surface area (Å²) < 4.78 is 0. The highest BCUT2D eigenvalue weighted by Gasteiger charge is 2.24. The molecule has 1 saturated heterocycles. The number of aromatic amines is 1. The van der Waals surface area contributed by atoms with Gasteiger partial charge >= 0.3 is 0 Å². The predicted molar refractivity (Wildman–Crippen MR) is 84.0 cm³/mol. The minimum atomic E-state index is 0.234. The molecule has 1 aromatic heterocycles. The maximum atomic E-state index is 11.9. The Labute approximate surface area is 127 Å². The number of unbranched alkanes of at least 4 members (excludes halogenated alkanes) is 1. The van der Waals surface area contributed by atoms with Crippen LogP contribution in [0.2, 0.25) is 0 Å². The molecule has 1 aliphatic heterocycles. The van der Waals surface area contributed by atoms with Crippen molar-refractivity contribution in [1.82, 2.24) is 20.2 Å². The van der Waals surface area contributed by atoms with Crippen LogP contribution in [-0.4, -0.2) is 47.0 Å². The molecule has 5 heteroatoms. The molecule has 0 aliphatic carbocycles. The maximum absolute atomic E-state index is 11.9. The molecule has 0 unspecified atom stereocenters. The molecule has 1 amide bonds. The van der Waals surface area contributed by atoms with Crippen molar-refractivity contribution in [3.63, 3.8) is 0 Å². The van der Waals surface area contributed by atoms with Crippen LogP contribution in [0, 0.1) is 5.92 Å². The highest BCUT2D eigenvalue weighted by Crippen LogP contribution is 2.17. The fraction of sp³-hybridized carbons (Fsp3) is 0.750. The Bertz CT molecular complexity index is 396. The molecule has 0 bridgehead atoms. The van der Waals surface area contributed by atoms with Crippen molar-refractivity contribution >= 4 is 5.91 Å². The van der Waals surface area contributed by atoms with E-state index in [9.17, 15) is 4.79 Å². The standard InChI is InChI=1S/C16H28N4O/c1-2-8-18-16(21)14-6-10-20(11-7-14)9-4-3-5-15-12-17-13-19-15/h12-14H,2-11H2,1H3,(H,17,19)(H,18,21). The van der Waals surface area contributed by atoms with E-state index in [4.69, 9.17) is 0 Å². The van der Waals surface area contributed by atoms with Crippen LogP contribution in [0.25, 0.3) is 0 Å². The summed E-state index contributed by atoms with van der Waals surface area (Å²) in [5.41, 5.74) is 1.22. The van der Waals surface area contributed by atoms with Gasteiger partial charge in [0.15, 0.2) is 0 Å². The van der Waals surface area contributed by atoms with E-state index in [1.54, 1.807) is 6.33 Å². The molecular formula is C16H28N4O. The Morgan fingerprint density at radius 1 is 1.43 bits per heavy atom. The van der Waals surface area contributed by atoms with Crippen molar-refractivity contribution in [2.75, 3.05) is 26.2 Å². The van der Waals surface area contributed by atoms with E-state index in [2.05, 4.69) is 27.1 Å². The summed E-state index contributed by atoms with van der Waals surface area (Å²) in [4.78, 5) is 21.6. The molecule has 2 rings (SSSR count). The number of carbonyl (C=O) groups excluding carboxylic acids is 1. The van der Waals surface area contributed by atoms with E-state index in [1.807, 2.05) is 6.20 Å². The number of H-pyrrole nitrogens is 1. The fourth-order valence-electron chi connectivity index (χ4n) is 2.88. The van der Waals surface area contributed by atoms with Gasteiger partial charge in [-0.1, -0.05) is 6.92 Å². The molecule has 21 heavy (non-hydrogen) atoms. The van der Waals surface area contributed by atoms with Crippen molar-refractivity contribution in [2.24, 2.45) is 5.92 Å². The molecule has 5 nitrogen and oxygen atoms in total. The molecule has 2 N–H and O–H groups in total. The largest absolute Gasteiger partial charge is 0.356 e. The molecule has 118 valence electrons. The Balaban J connectivity index is 1.55. The second-order valence-corrected chi connectivity index (χ2v) is 5.94. The fourth-order valence-corrected chi connectivity index (χ4v) is 2.88. The molecule has 0 radical (unpaired) electrons. The number of likely N-dealkylation sites (tertiary alicyclic amines) is 1. The van der Waals surface area contributed by atoms with Crippen molar-refractivity contribution in [1.29, 1.82) is 0 Å². The number of aromatic nitrogens is 2. The van der Waals surface area contributed by atoms with Crippen LogP contribution in [0.4, 0.5) is 0 Å². The number of rotatable bonds is 8. The number of nitrogens with zero attached hydrogens (tertiary/aromatic N) is 2. The summed E-state index contributed by atoms with van der Waals surface area (Å²) in [6.45, 7) is 6.18. The van der Waals surface area contributed by atoms with Crippen LogP contribution in [0.5, 0.6) is 0 Å². The van der Waals surface area contributed by atoms with Crippen molar-refractivity contribution in [2.45, 2.75) is 45.4 Å². The second kappa shape index (κ2) is 8.82. The van der Waals surface area contributed by atoms with Gasteiger partial charge in [0.1, 0.15) is 0 Å². The lowest BCUT2D eigenvalue weighted by Crippen LogP contribution is -2.41. The third-order valence-electron chi connectivity index (χ3n) is 4.23. The number of carbonyl (C=O) groups is 1. The summed E-state index contributed by atoms with van der Waals surface area (Å²) in [5.74, 6) is 0.494. The van der Waals surface area contributed by atoms with Crippen molar-refractivity contribution < 1.29 is 4.79 Å². The van der Waals surface area contributed by atoms with Gasteiger partial charge in [0, 0.05) is 24.4 Å². The van der Waals surface area contributed by atoms with Crippen LogP contribution in [0.3, 0.4) is 0 Å². The minimum absolute atomic E-state index is 0.234. The lowest BCUT2D eigenvalue weighted by molar-refractivity contribution is -0.126. The molecule has 1 aromatic rings. The van der Waals surface area contributed by atoms with E-state index < -0.39 is 0 Å². The average molecular weight is 292 g/mol. The summed E-state index contributed by atoms with van der Waals surface area (Å²) in [7, 11) is 0. The van der Waals surface area contributed by atoms with Crippen LogP contribution in [-0.2, 0) is 11.2 Å². The van der Waals surface area contributed by atoms with Gasteiger partial charge in [0.2, 0.25) is 5.91 Å². The van der Waals surface area contributed by atoms with Gasteiger partial charge in [-0.05, 0) is 58.2 Å². The topological polar surface area (TPSA) is 61.0 Å². The molecule has 2 heterocycles. The Hall–Kier alpha value is -1.36. The van der Waals surface area contributed by atoms with E-state index in [0.29, 0.717) is 0 Å². The lowest BCUT2D eigenvalue weighted by Gasteiger charge is -2.31. The van der Waals surface area contributed by atoms with Gasteiger partial charge in [-0.15, -0.1) is 0 Å². The summed E-state index contributed by atoms with van der Waals surface area (Å²) in [6, 6.07) is 0. The van der Waals surface area contributed by atoms with Gasteiger partial charge in [0.05, 0.1) is 6.33 Å². The van der Waals surface area contributed by atoms with E-state index in [0.717, 1.165) is 51.9 Å². The SMILES string of the molecule is CCCNC(=O)C1CCN(CCCCc2cnc[nH]2)CC1. The van der Waals surface area contributed by atoms with Crippen molar-refractivity contribution in [3.05, 3.63) is 18.2 Å². The van der Waals surface area contributed by atoms with Crippen molar-refractivity contribution in [3.8, 4) is 0 Å². The normalized spacial score (nSPS) is 17.0. The zero-order valence-corrected chi connectivity index (χ0v) is 13.1. The lowest BCUT2D eigenvalue weighted by atomic mass is 9.95. The zero-order valence-electron chi connectivity index (χ0n) is 13.1. The maximum Gasteiger partial charge on any atom is 0.223 e. The Kier molecular flexibility index (Phi) is 6.73. The van der Waals surface area contributed by atoms with Crippen LogP contribution < -0.4 is 5.32 Å². The number of nitrogens with one attached hydrogen (secondary N) is 2. The Morgan fingerprint density at radius 3 is 2.90 bits per heavy atom. The third-order valence-corrected chi connectivity index (χ3v) is 4.23. The van der Waals surface area contributed by atoms with E-state index >= 15 is 0 Å². The Morgan fingerprint density at radius 2 is 2.24 bits per heavy atom. The first-order valence-corrected chi connectivity index (χ1v) is 8.27. The molecule has 1 aliphatic rings. The van der Waals surface area contributed by atoms with Crippen LogP contribution in [0.1, 0.15) is 44.7 Å². The smallest absolute Gasteiger partial charge is 0.223 e. The van der Waals surface area contributed by atoms with E-state index in [1.165, 1.54) is 18.5 Å². The number of hydrogen-bond donors (Lipinski definition) is 2. The number of hydrogen-bond acceptors (Lipinski definition) is 3. The molecule has 0 atom stereocenters. The monoisotopic (exact) mass is 292 g/mol. The minimum Gasteiger partial charge on any atom is -0.356 e. The highest BCUT2D eigenvalue weighted by molar-refractivity contribution is 5.78. The number of aryl methyl sites for hydroxylation is 1. The van der Waals surface area contributed by atoms with Crippen LogP contribution in [0.15, 0.2) is 12.5 Å². The second-order valence-electron chi connectivity index (χ2n) is 5.94. The molecule has 0 saturated carbocycles. The molecule has 0 aromatic carbocycles. The average Bonchev–Trinajstić information content (AvgIpc) is 3.03. The summed E-state index contributed by atoms with van der Waals surface area (Å²) in [6.07, 6.45) is 10.2. The van der Waals surface area contributed by atoms with E-state index in [-0.39, 0.29) is 11.8 Å². The van der Waals surface area contributed by atoms with Crippen LogP contribution >= 0.6 is 0 Å².